The number of fused-ring (bicyclic) bond motifs is 11. The standard InChI is InChI=1S/C46H40/c1-25-21-26(2)30(6)43(29(25)5)33-17-19-37-35-13-9-12-16-40(35)46-42-24-34(44-31(7)27(3)22-28(4)32(44)8)18-20-38(42)36-14-10-11-15-39(36)45(46)41(37)23-33/h9-24H,1-8H3. The number of aryl methyl sites for hydroxylation is 4. The Balaban J connectivity index is 1.60. The molecule has 8 aromatic rings. The Kier molecular flexibility index (Phi) is 6.38. The average Bonchev–Trinajstić information content (AvgIpc) is 3.06. The monoisotopic (exact) mass is 592 g/mol. The smallest absolute Gasteiger partial charge is 0.00137 e. The summed E-state index contributed by atoms with van der Waals surface area (Å²) in [6.07, 6.45) is 0. The molecule has 0 atom stereocenters. The Bertz CT molecular complexity index is 2360. The summed E-state index contributed by atoms with van der Waals surface area (Å²) in [4.78, 5) is 0. The van der Waals surface area contributed by atoms with Gasteiger partial charge in [0, 0.05) is 0 Å². The second kappa shape index (κ2) is 10.3. The highest BCUT2D eigenvalue weighted by Gasteiger charge is 2.19. The van der Waals surface area contributed by atoms with E-state index in [2.05, 4.69) is 152 Å². The molecule has 0 amide bonds. The summed E-state index contributed by atoms with van der Waals surface area (Å²) in [5, 5.41) is 13.2. The van der Waals surface area contributed by atoms with Crippen LogP contribution in [-0.2, 0) is 0 Å². The van der Waals surface area contributed by atoms with Crippen LogP contribution >= 0.6 is 0 Å². The van der Waals surface area contributed by atoms with Gasteiger partial charge in [-0.3, -0.25) is 0 Å². The van der Waals surface area contributed by atoms with Gasteiger partial charge in [-0.1, -0.05) is 84.9 Å². The molecule has 0 nitrogen and oxygen atoms in total. The van der Waals surface area contributed by atoms with Crippen LogP contribution in [0.4, 0.5) is 0 Å². The van der Waals surface area contributed by atoms with Gasteiger partial charge in [-0.15, -0.1) is 0 Å². The van der Waals surface area contributed by atoms with Crippen molar-refractivity contribution < 1.29 is 0 Å². The molecule has 0 spiro atoms. The van der Waals surface area contributed by atoms with Crippen LogP contribution in [-0.4, -0.2) is 0 Å². The topological polar surface area (TPSA) is 0 Å². The molecule has 0 saturated heterocycles. The molecule has 0 heteroatoms. The van der Waals surface area contributed by atoms with Crippen LogP contribution in [0.1, 0.15) is 44.5 Å². The lowest BCUT2D eigenvalue weighted by Crippen LogP contribution is -1.96. The Labute approximate surface area is 272 Å². The van der Waals surface area contributed by atoms with E-state index < -0.39 is 0 Å². The van der Waals surface area contributed by atoms with Crippen molar-refractivity contribution in [1.82, 2.24) is 0 Å². The maximum Gasteiger partial charge on any atom is -0.00137 e. The minimum absolute atomic E-state index is 1.30. The summed E-state index contributed by atoms with van der Waals surface area (Å²) in [5.74, 6) is 0. The van der Waals surface area contributed by atoms with Crippen LogP contribution < -0.4 is 0 Å². The van der Waals surface area contributed by atoms with Crippen molar-refractivity contribution in [3.8, 4) is 22.3 Å². The van der Waals surface area contributed by atoms with Gasteiger partial charge in [0.25, 0.3) is 0 Å². The Morgan fingerprint density at radius 1 is 0.283 bits per heavy atom. The van der Waals surface area contributed by atoms with Crippen LogP contribution in [0.5, 0.6) is 0 Å². The summed E-state index contributed by atoms with van der Waals surface area (Å²) in [5.41, 5.74) is 16.2. The molecule has 8 rings (SSSR count). The SMILES string of the molecule is Cc1cc(C)c(C)c(-c2ccc3c4ccccc4c4c5cc(-c6c(C)c(C)cc(C)c6C)ccc5c5ccccc5c4c3c2)c1C. The summed E-state index contributed by atoms with van der Waals surface area (Å²) >= 11 is 0. The minimum atomic E-state index is 1.30. The van der Waals surface area contributed by atoms with Crippen molar-refractivity contribution in [3.05, 3.63) is 142 Å². The van der Waals surface area contributed by atoms with E-state index in [1.807, 2.05) is 0 Å². The van der Waals surface area contributed by atoms with Gasteiger partial charge in [-0.2, -0.15) is 0 Å². The lowest BCUT2D eigenvalue weighted by Gasteiger charge is -2.20. The molecular formula is C46H40. The Morgan fingerprint density at radius 2 is 0.587 bits per heavy atom. The van der Waals surface area contributed by atoms with Crippen molar-refractivity contribution in [3.63, 3.8) is 0 Å². The first-order valence-electron chi connectivity index (χ1n) is 16.5. The lowest BCUT2D eigenvalue weighted by molar-refractivity contribution is 1.25. The van der Waals surface area contributed by atoms with Crippen LogP contribution in [0.15, 0.2) is 97.1 Å². The van der Waals surface area contributed by atoms with Gasteiger partial charge in [0.1, 0.15) is 0 Å². The fraction of sp³-hybridized carbons (Fsp3) is 0.174. The van der Waals surface area contributed by atoms with E-state index in [4.69, 9.17) is 0 Å². The largest absolute Gasteiger partial charge is 0.0616 e. The highest BCUT2D eigenvalue weighted by atomic mass is 14.2. The van der Waals surface area contributed by atoms with Gasteiger partial charge in [-0.05, 0) is 188 Å². The van der Waals surface area contributed by atoms with Crippen molar-refractivity contribution in [1.29, 1.82) is 0 Å². The first-order chi connectivity index (χ1) is 22.2. The molecule has 0 N–H and O–H groups in total. The Hall–Kier alpha value is -4.94. The quantitative estimate of drug-likeness (QED) is 0.175. The van der Waals surface area contributed by atoms with Crippen molar-refractivity contribution in [2.75, 3.05) is 0 Å². The second-order valence-electron chi connectivity index (χ2n) is 13.6. The third-order valence-electron chi connectivity index (χ3n) is 11.1. The molecule has 0 fully saturated rings. The molecule has 0 saturated carbocycles. The summed E-state index contributed by atoms with van der Waals surface area (Å²) < 4.78 is 0. The molecule has 46 heavy (non-hydrogen) atoms. The first-order valence-corrected chi connectivity index (χ1v) is 16.5. The van der Waals surface area contributed by atoms with Gasteiger partial charge < -0.3 is 0 Å². The normalized spacial score (nSPS) is 11.9. The molecule has 224 valence electrons. The molecule has 0 heterocycles. The predicted octanol–water partition coefficient (Wildman–Crippen LogP) is 13.3. The second-order valence-corrected chi connectivity index (χ2v) is 13.6. The fourth-order valence-electron chi connectivity index (χ4n) is 8.28. The zero-order valence-electron chi connectivity index (χ0n) is 28.2. The van der Waals surface area contributed by atoms with Gasteiger partial charge in [0.05, 0.1) is 0 Å². The van der Waals surface area contributed by atoms with Gasteiger partial charge in [0.2, 0.25) is 0 Å². The highest BCUT2D eigenvalue weighted by Crippen LogP contribution is 2.46. The molecule has 0 radical (unpaired) electrons. The zero-order valence-corrected chi connectivity index (χ0v) is 28.2. The van der Waals surface area contributed by atoms with Crippen molar-refractivity contribution >= 4 is 53.9 Å². The minimum Gasteiger partial charge on any atom is -0.0616 e. The predicted molar refractivity (Wildman–Crippen MR) is 203 cm³/mol. The molecular weight excluding hydrogens is 553 g/mol. The molecule has 8 aromatic carbocycles. The van der Waals surface area contributed by atoms with Crippen LogP contribution in [0, 0.1) is 55.4 Å². The van der Waals surface area contributed by atoms with Crippen LogP contribution in [0.2, 0.25) is 0 Å². The summed E-state index contributed by atoms with van der Waals surface area (Å²) in [7, 11) is 0. The molecule has 0 aliphatic carbocycles. The van der Waals surface area contributed by atoms with E-state index in [1.165, 1.54) is 121 Å². The summed E-state index contributed by atoms with van der Waals surface area (Å²) in [6, 6.07) is 37.1. The molecule has 0 aliphatic rings. The fourth-order valence-corrected chi connectivity index (χ4v) is 8.28. The van der Waals surface area contributed by atoms with E-state index in [0.717, 1.165) is 0 Å². The zero-order chi connectivity index (χ0) is 32.0. The van der Waals surface area contributed by atoms with E-state index in [-0.39, 0.29) is 0 Å². The molecule has 0 aliphatic heterocycles. The highest BCUT2D eigenvalue weighted by molar-refractivity contribution is 6.39. The lowest BCUT2D eigenvalue weighted by atomic mass is 9.83. The van der Waals surface area contributed by atoms with Gasteiger partial charge in [-0.25, -0.2) is 0 Å². The van der Waals surface area contributed by atoms with Crippen molar-refractivity contribution in [2.24, 2.45) is 0 Å². The number of hydrogen-bond donors (Lipinski definition) is 0. The number of hydrogen-bond acceptors (Lipinski definition) is 0. The molecule has 0 bridgehead atoms. The third kappa shape index (κ3) is 3.99. The number of rotatable bonds is 2. The van der Waals surface area contributed by atoms with E-state index in [1.54, 1.807) is 0 Å². The van der Waals surface area contributed by atoms with Crippen LogP contribution in [0.3, 0.4) is 0 Å². The van der Waals surface area contributed by atoms with Crippen LogP contribution in [0.25, 0.3) is 76.1 Å². The van der Waals surface area contributed by atoms with E-state index in [0.29, 0.717) is 0 Å². The molecule has 0 unspecified atom stereocenters. The maximum atomic E-state index is 2.48. The van der Waals surface area contributed by atoms with Gasteiger partial charge >= 0.3 is 0 Å². The van der Waals surface area contributed by atoms with Crippen molar-refractivity contribution in [2.45, 2.75) is 55.4 Å². The van der Waals surface area contributed by atoms with Gasteiger partial charge in [0.15, 0.2) is 0 Å². The Morgan fingerprint density at radius 3 is 0.935 bits per heavy atom. The summed E-state index contributed by atoms with van der Waals surface area (Å²) in [6.45, 7) is 18.1. The van der Waals surface area contributed by atoms with E-state index in [9.17, 15) is 0 Å². The third-order valence-corrected chi connectivity index (χ3v) is 11.1. The molecule has 0 aromatic heterocycles. The van der Waals surface area contributed by atoms with E-state index >= 15 is 0 Å². The maximum absolute atomic E-state index is 2.48. The first kappa shape index (κ1) is 28.5. The average molecular weight is 593 g/mol. The number of benzene rings is 8.